The number of rotatable bonds is 4. The summed E-state index contributed by atoms with van der Waals surface area (Å²) in [5.41, 5.74) is -0.109. The number of sulfone groups is 1. The molecule has 0 saturated carbocycles. The van der Waals surface area contributed by atoms with E-state index in [1.165, 1.54) is 18.2 Å². The second-order valence-electron chi connectivity index (χ2n) is 5.03. The lowest BCUT2D eigenvalue weighted by atomic mass is 9.97. The molecule has 1 aliphatic rings. The van der Waals surface area contributed by atoms with Crippen molar-refractivity contribution in [2.75, 3.05) is 18.4 Å². The molecule has 2 rings (SSSR count). The molecule has 1 aliphatic heterocycles. The molecule has 0 bridgehead atoms. The molecule has 116 valence electrons. The molecule has 0 spiro atoms. The highest BCUT2D eigenvalue weighted by atomic mass is 32.2. The van der Waals surface area contributed by atoms with Crippen molar-refractivity contribution in [3.05, 3.63) is 24.3 Å². The molecule has 0 aromatic heterocycles. The first-order valence-corrected chi connectivity index (χ1v) is 8.01. The van der Waals surface area contributed by atoms with Crippen LogP contribution >= 0.6 is 0 Å². The van der Waals surface area contributed by atoms with Crippen molar-refractivity contribution in [2.45, 2.75) is 17.6 Å². The van der Waals surface area contributed by atoms with Gasteiger partial charge in [0.1, 0.15) is 0 Å². The van der Waals surface area contributed by atoms with Gasteiger partial charge < -0.3 is 10.6 Å². The van der Waals surface area contributed by atoms with Crippen molar-refractivity contribution in [3.8, 4) is 0 Å². The summed E-state index contributed by atoms with van der Waals surface area (Å²) in [6.07, 6.45) is 0. The molecule has 0 aliphatic carbocycles. The van der Waals surface area contributed by atoms with Gasteiger partial charge in [-0.25, -0.2) is 8.42 Å². The number of carbonyl (C=O) groups excluding carboxylic acids is 1. The minimum Gasteiger partial charge on any atom is -0.325 e. The highest BCUT2D eigenvalue weighted by Gasteiger charge is 2.32. The van der Waals surface area contributed by atoms with Gasteiger partial charge in [-0.05, 0) is 24.6 Å². The Labute approximate surface area is 121 Å². The van der Waals surface area contributed by atoms with Crippen molar-refractivity contribution in [2.24, 2.45) is 11.8 Å². The van der Waals surface area contributed by atoms with E-state index in [2.05, 4.69) is 10.6 Å². The molecular formula is C13H16F2N2O3S. The van der Waals surface area contributed by atoms with Crippen LogP contribution in [0.15, 0.2) is 29.2 Å². The van der Waals surface area contributed by atoms with E-state index in [0.29, 0.717) is 13.1 Å². The second kappa shape index (κ2) is 6.07. The average molecular weight is 318 g/mol. The second-order valence-corrected chi connectivity index (χ2v) is 6.92. The molecular weight excluding hydrogens is 302 g/mol. The monoisotopic (exact) mass is 318 g/mol. The number of hydrogen-bond donors (Lipinski definition) is 2. The molecule has 1 heterocycles. The lowest BCUT2D eigenvalue weighted by Crippen LogP contribution is -2.28. The number of amides is 1. The predicted octanol–water partition coefficient (Wildman–Crippen LogP) is 1.48. The topological polar surface area (TPSA) is 75.3 Å². The molecule has 1 aromatic rings. The van der Waals surface area contributed by atoms with Gasteiger partial charge in [0.2, 0.25) is 15.7 Å². The minimum absolute atomic E-state index is 0.101. The molecule has 1 saturated heterocycles. The van der Waals surface area contributed by atoms with E-state index in [4.69, 9.17) is 0 Å². The smallest absolute Gasteiger partial charge is 0.325 e. The van der Waals surface area contributed by atoms with Crippen molar-refractivity contribution in [3.63, 3.8) is 0 Å². The number of benzene rings is 1. The highest BCUT2D eigenvalue weighted by molar-refractivity contribution is 7.91. The summed E-state index contributed by atoms with van der Waals surface area (Å²) >= 11 is 0. The third-order valence-corrected chi connectivity index (χ3v) is 4.98. The van der Waals surface area contributed by atoms with Crippen molar-refractivity contribution in [1.82, 2.24) is 5.32 Å². The first kappa shape index (κ1) is 15.8. The van der Waals surface area contributed by atoms with Crippen LogP contribution in [0.3, 0.4) is 0 Å². The minimum atomic E-state index is -4.75. The van der Waals surface area contributed by atoms with Crippen LogP contribution in [-0.4, -0.2) is 33.2 Å². The van der Waals surface area contributed by atoms with Crippen LogP contribution in [0.5, 0.6) is 0 Å². The number of anilines is 1. The van der Waals surface area contributed by atoms with Crippen LogP contribution in [0.25, 0.3) is 0 Å². The largest absolute Gasteiger partial charge is 0.341 e. The van der Waals surface area contributed by atoms with Crippen molar-refractivity contribution in [1.29, 1.82) is 0 Å². The summed E-state index contributed by atoms with van der Waals surface area (Å²) in [5.74, 6) is -4.11. The van der Waals surface area contributed by atoms with Crippen LogP contribution in [0.1, 0.15) is 6.92 Å². The molecule has 1 fully saturated rings. The van der Waals surface area contributed by atoms with Crippen LogP contribution in [-0.2, 0) is 14.6 Å². The Bertz CT molecular complexity index is 634. The van der Waals surface area contributed by atoms with E-state index in [-0.39, 0.29) is 23.4 Å². The van der Waals surface area contributed by atoms with Gasteiger partial charge in [0.15, 0.2) is 0 Å². The first-order chi connectivity index (χ1) is 9.84. The average Bonchev–Trinajstić information content (AvgIpc) is 2.85. The van der Waals surface area contributed by atoms with E-state index in [1.54, 1.807) is 0 Å². The van der Waals surface area contributed by atoms with E-state index >= 15 is 0 Å². The number of halogens is 2. The standard InChI is InChI=1S/C13H16F2N2O3S/c1-8-6-16-7-9(8)12(18)17-10-4-2-3-5-11(10)21(19,20)13(14)15/h2-5,8-9,13,16H,6-7H2,1H3,(H,17,18). The maximum absolute atomic E-state index is 12.7. The van der Waals surface area contributed by atoms with Gasteiger partial charge in [0.25, 0.3) is 0 Å². The highest BCUT2D eigenvalue weighted by Crippen LogP contribution is 2.27. The van der Waals surface area contributed by atoms with E-state index in [9.17, 15) is 22.0 Å². The Morgan fingerprint density at radius 2 is 2.00 bits per heavy atom. The third-order valence-electron chi connectivity index (χ3n) is 3.54. The third kappa shape index (κ3) is 3.21. The summed E-state index contributed by atoms with van der Waals surface area (Å²) in [5, 5.41) is 5.51. The van der Waals surface area contributed by atoms with Gasteiger partial charge in [-0.15, -0.1) is 0 Å². The zero-order valence-electron chi connectivity index (χ0n) is 11.3. The Kier molecular flexibility index (Phi) is 4.58. The molecule has 0 radical (unpaired) electrons. The Balaban J connectivity index is 2.27. The van der Waals surface area contributed by atoms with Crippen LogP contribution in [0.4, 0.5) is 14.5 Å². The fraction of sp³-hybridized carbons (Fsp3) is 0.462. The Morgan fingerprint density at radius 1 is 1.33 bits per heavy atom. The fourth-order valence-electron chi connectivity index (χ4n) is 2.30. The normalized spacial score (nSPS) is 22.5. The van der Waals surface area contributed by atoms with Crippen molar-refractivity contribution >= 4 is 21.4 Å². The van der Waals surface area contributed by atoms with Crippen molar-refractivity contribution < 1.29 is 22.0 Å². The lowest BCUT2D eigenvalue weighted by Gasteiger charge is -2.16. The van der Waals surface area contributed by atoms with E-state index in [1.807, 2.05) is 6.92 Å². The van der Waals surface area contributed by atoms with Crippen LogP contribution in [0, 0.1) is 11.8 Å². The van der Waals surface area contributed by atoms with Crippen LogP contribution < -0.4 is 10.6 Å². The molecule has 2 unspecified atom stereocenters. The summed E-state index contributed by atoms with van der Waals surface area (Å²) in [6, 6.07) is 5.19. The fourth-order valence-corrected chi connectivity index (χ4v) is 3.19. The number of alkyl halides is 2. The maximum atomic E-state index is 12.7. The first-order valence-electron chi connectivity index (χ1n) is 6.46. The molecule has 2 N–H and O–H groups in total. The summed E-state index contributed by atoms with van der Waals surface area (Å²) < 4.78 is 48.5. The number of hydrogen-bond acceptors (Lipinski definition) is 4. The summed E-state index contributed by atoms with van der Waals surface area (Å²) in [6.45, 7) is 3.07. The quantitative estimate of drug-likeness (QED) is 0.882. The SMILES string of the molecule is CC1CNCC1C(=O)Nc1ccccc1S(=O)(=O)C(F)F. The Hall–Kier alpha value is -1.54. The molecule has 5 nitrogen and oxygen atoms in total. The molecule has 1 aromatic carbocycles. The lowest BCUT2D eigenvalue weighted by molar-refractivity contribution is -0.120. The van der Waals surface area contributed by atoms with Crippen LogP contribution in [0.2, 0.25) is 0 Å². The predicted molar refractivity (Wildman–Crippen MR) is 73.8 cm³/mol. The molecule has 8 heteroatoms. The summed E-state index contributed by atoms with van der Waals surface area (Å²) in [7, 11) is -4.75. The number of carbonyl (C=O) groups is 1. The number of nitrogens with one attached hydrogen (secondary N) is 2. The Morgan fingerprint density at radius 3 is 2.57 bits per heavy atom. The zero-order chi connectivity index (χ0) is 15.6. The molecule has 2 atom stereocenters. The zero-order valence-corrected chi connectivity index (χ0v) is 12.2. The van der Waals surface area contributed by atoms with E-state index in [0.717, 1.165) is 6.07 Å². The number of para-hydroxylation sites is 1. The van der Waals surface area contributed by atoms with Gasteiger partial charge in [-0.1, -0.05) is 19.1 Å². The van der Waals surface area contributed by atoms with Gasteiger partial charge in [-0.2, -0.15) is 8.78 Å². The molecule has 21 heavy (non-hydrogen) atoms. The van der Waals surface area contributed by atoms with Gasteiger partial charge in [0.05, 0.1) is 16.5 Å². The summed E-state index contributed by atoms with van der Waals surface area (Å²) in [4.78, 5) is 11.6. The van der Waals surface area contributed by atoms with E-state index < -0.39 is 20.5 Å². The van der Waals surface area contributed by atoms with Gasteiger partial charge in [-0.3, -0.25) is 4.79 Å². The van der Waals surface area contributed by atoms with Gasteiger partial charge >= 0.3 is 5.76 Å². The maximum Gasteiger partial charge on any atom is 0.341 e. The molecule has 1 amide bonds. The van der Waals surface area contributed by atoms with Gasteiger partial charge in [0, 0.05) is 6.54 Å².